The maximum absolute atomic E-state index is 12.5. The van der Waals surface area contributed by atoms with E-state index in [0.29, 0.717) is 10.7 Å². The molecule has 172 valence electrons. The van der Waals surface area contributed by atoms with Gasteiger partial charge in [-0.05, 0) is 29.3 Å². The summed E-state index contributed by atoms with van der Waals surface area (Å²) < 4.78 is 34.4. The third-order valence-electron chi connectivity index (χ3n) is 5.12. The van der Waals surface area contributed by atoms with Gasteiger partial charge in [0, 0.05) is 37.0 Å². The number of aromatic nitrogens is 1. The lowest BCUT2D eigenvalue weighted by molar-refractivity contribution is -0.111. The highest BCUT2D eigenvalue weighted by molar-refractivity contribution is 7.15. The van der Waals surface area contributed by atoms with Crippen molar-refractivity contribution in [1.82, 2.24) is 9.88 Å². The van der Waals surface area contributed by atoms with Crippen LogP contribution in [-0.2, 0) is 24.3 Å². The van der Waals surface area contributed by atoms with Gasteiger partial charge in [0.25, 0.3) is 0 Å². The SMILES string of the molecule is COc1cc(C=CC(=O)Nc2nc3c(s2)CN(Cc2ccccc2)CC3)ccc1OC(F)F. The van der Waals surface area contributed by atoms with Crippen LogP contribution in [0.15, 0.2) is 54.6 Å². The first-order valence-electron chi connectivity index (χ1n) is 10.4. The fourth-order valence-corrected chi connectivity index (χ4v) is 4.63. The van der Waals surface area contributed by atoms with E-state index in [2.05, 4.69) is 32.1 Å². The van der Waals surface area contributed by atoms with Crippen molar-refractivity contribution < 1.29 is 23.0 Å². The Labute approximate surface area is 194 Å². The molecule has 33 heavy (non-hydrogen) atoms. The maximum Gasteiger partial charge on any atom is 0.387 e. The second kappa shape index (κ2) is 10.5. The Morgan fingerprint density at radius 3 is 2.82 bits per heavy atom. The van der Waals surface area contributed by atoms with Crippen molar-refractivity contribution in [2.45, 2.75) is 26.1 Å². The number of methoxy groups -OCH3 is 1. The number of benzene rings is 2. The lowest BCUT2D eigenvalue weighted by atomic mass is 10.1. The summed E-state index contributed by atoms with van der Waals surface area (Å²) in [6.07, 6.45) is 3.78. The number of nitrogens with zero attached hydrogens (tertiary/aromatic N) is 2. The molecule has 6 nitrogen and oxygen atoms in total. The van der Waals surface area contributed by atoms with Crippen LogP contribution in [0.3, 0.4) is 0 Å². The molecule has 0 fully saturated rings. The Morgan fingerprint density at radius 1 is 1.24 bits per heavy atom. The van der Waals surface area contributed by atoms with E-state index in [1.54, 1.807) is 12.1 Å². The van der Waals surface area contributed by atoms with Gasteiger partial charge in [-0.2, -0.15) is 8.78 Å². The van der Waals surface area contributed by atoms with Crippen LogP contribution in [0.4, 0.5) is 13.9 Å². The molecule has 1 aliphatic heterocycles. The molecule has 9 heteroatoms. The fourth-order valence-electron chi connectivity index (χ4n) is 3.58. The molecular formula is C24H23F2N3O3S. The van der Waals surface area contributed by atoms with Crippen molar-refractivity contribution in [3.63, 3.8) is 0 Å². The predicted octanol–water partition coefficient (Wildman–Crippen LogP) is 4.96. The quantitative estimate of drug-likeness (QED) is 0.471. The zero-order valence-electron chi connectivity index (χ0n) is 18.0. The van der Waals surface area contributed by atoms with Crippen LogP contribution in [-0.4, -0.2) is 36.1 Å². The normalized spacial score (nSPS) is 13.8. The number of hydrogen-bond acceptors (Lipinski definition) is 6. The van der Waals surface area contributed by atoms with Crippen LogP contribution in [0.2, 0.25) is 0 Å². The van der Waals surface area contributed by atoms with E-state index in [4.69, 9.17) is 4.74 Å². The summed E-state index contributed by atoms with van der Waals surface area (Å²) in [6, 6.07) is 14.8. The summed E-state index contributed by atoms with van der Waals surface area (Å²) in [5, 5.41) is 3.37. The van der Waals surface area contributed by atoms with Gasteiger partial charge >= 0.3 is 6.61 Å². The van der Waals surface area contributed by atoms with Gasteiger partial charge in [0.15, 0.2) is 16.6 Å². The Bertz CT molecular complexity index is 1140. The molecule has 1 aromatic heterocycles. The van der Waals surface area contributed by atoms with Gasteiger partial charge < -0.3 is 9.47 Å². The number of alkyl halides is 2. The largest absolute Gasteiger partial charge is 0.493 e. The molecule has 2 aromatic carbocycles. The number of halogens is 2. The van der Waals surface area contributed by atoms with Crippen molar-refractivity contribution in [1.29, 1.82) is 0 Å². The number of ether oxygens (including phenoxy) is 2. The highest BCUT2D eigenvalue weighted by atomic mass is 32.1. The zero-order valence-corrected chi connectivity index (χ0v) is 18.8. The monoisotopic (exact) mass is 471 g/mol. The molecule has 3 aromatic rings. The van der Waals surface area contributed by atoms with Crippen molar-refractivity contribution in [3.05, 3.63) is 76.3 Å². The number of carbonyl (C=O) groups excluding carboxylic acids is 1. The lowest BCUT2D eigenvalue weighted by Gasteiger charge is -2.25. The summed E-state index contributed by atoms with van der Waals surface area (Å²) >= 11 is 1.49. The van der Waals surface area contributed by atoms with Crippen molar-refractivity contribution in [2.75, 3.05) is 19.0 Å². The standard InChI is InChI=1S/C24H23F2N3O3S/c1-31-20-13-16(7-9-19(20)32-23(25)26)8-10-22(30)28-24-27-18-11-12-29(15-21(18)33-24)14-17-5-3-2-4-6-17/h2-10,13,23H,11-12,14-15H2,1H3,(H,27,28,30). The van der Waals surface area contributed by atoms with Crippen LogP contribution >= 0.6 is 11.3 Å². The Hall–Kier alpha value is -3.30. The van der Waals surface area contributed by atoms with Crippen molar-refractivity contribution in [3.8, 4) is 11.5 Å². The zero-order chi connectivity index (χ0) is 23.2. The average Bonchev–Trinajstić information content (AvgIpc) is 3.20. The van der Waals surface area contributed by atoms with E-state index < -0.39 is 6.61 Å². The fraction of sp³-hybridized carbons (Fsp3) is 0.250. The first-order valence-corrected chi connectivity index (χ1v) is 11.2. The van der Waals surface area contributed by atoms with E-state index in [1.807, 2.05) is 18.2 Å². The van der Waals surface area contributed by atoms with Crippen molar-refractivity contribution in [2.24, 2.45) is 0 Å². The number of rotatable bonds is 8. The maximum atomic E-state index is 12.5. The molecule has 2 heterocycles. The highest BCUT2D eigenvalue weighted by Crippen LogP contribution is 2.31. The first kappa shape index (κ1) is 22.9. The summed E-state index contributed by atoms with van der Waals surface area (Å²) in [5.74, 6) is -0.233. The summed E-state index contributed by atoms with van der Waals surface area (Å²) in [5.41, 5.74) is 2.91. The molecule has 0 bridgehead atoms. The van der Waals surface area contributed by atoms with Crippen LogP contribution in [0.5, 0.6) is 11.5 Å². The highest BCUT2D eigenvalue weighted by Gasteiger charge is 2.21. The second-order valence-corrected chi connectivity index (χ2v) is 8.53. The van der Waals surface area contributed by atoms with E-state index in [9.17, 15) is 13.6 Å². The predicted molar refractivity (Wildman–Crippen MR) is 124 cm³/mol. The molecule has 0 saturated carbocycles. The number of hydrogen-bond donors (Lipinski definition) is 1. The number of amides is 1. The number of thiazole rings is 1. The van der Waals surface area contributed by atoms with Gasteiger partial charge in [0.05, 0.1) is 12.8 Å². The number of carbonyl (C=O) groups is 1. The molecule has 1 N–H and O–H groups in total. The average molecular weight is 472 g/mol. The Balaban J connectivity index is 1.35. The molecule has 1 amide bonds. The van der Waals surface area contributed by atoms with Crippen LogP contribution in [0, 0.1) is 0 Å². The van der Waals surface area contributed by atoms with E-state index in [1.165, 1.54) is 42.2 Å². The van der Waals surface area contributed by atoms with Gasteiger partial charge in [-0.1, -0.05) is 36.4 Å². The summed E-state index contributed by atoms with van der Waals surface area (Å²) in [7, 11) is 1.36. The van der Waals surface area contributed by atoms with Gasteiger partial charge in [-0.3, -0.25) is 15.0 Å². The van der Waals surface area contributed by atoms with E-state index >= 15 is 0 Å². The molecule has 0 saturated heterocycles. The number of anilines is 1. The molecule has 0 atom stereocenters. The Kier molecular flexibility index (Phi) is 7.31. The van der Waals surface area contributed by atoms with Crippen molar-refractivity contribution >= 4 is 28.5 Å². The smallest absolute Gasteiger partial charge is 0.387 e. The van der Waals surface area contributed by atoms with Crippen LogP contribution < -0.4 is 14.8 Å². The molecule has 0 radical (unpaired) electrons. The summed E-state index contributed by atoms with van der Waals surface area (Å²) in [6.45, 7) is -0.333. The lowest BCUT2D eigenvalue weighted by Crippen LogP contribution is -2.29. The van der Waals surface area contributed by atoms with Crippen LogP contribution in [0.1, 0.15) is 21.7 Å². The molecular weight excluding hydrogens is 448 g/mol. The number of nitrogens with one attached hydrogen (secondary N) is 1. The third kappa shape index (κ3) is 6.15. The third-order valence-corrected chi connectivity index (χ3v) is 6.12. The molecule has 1 aliphatic rings. The summed E-state index contributed by atoms with van der Waals surface area (Å²) in [4.78, 5) is 20.5. The minimum absolute atomic E-state index is 0.0659. The minimum atomic E-state index is -2.94. The van der Waals surface area contributed by atoms with E-state index in [-0.39, 0.29) is 17.4 Å². The molecule has 0 unspecified atom stereocenters. The Morgan fingerprint density at radius 2 is 2.06 bits per heavy atom. The molecule has 0 spiro atoms. The molecule has 4 rings (SSSR count). The first-order chi connectivity index (χ1) is 16.0. The van der Waals surface area contributed by atoms with Crippen LogP contribution in [0.25, 0.3) is 6.08 Å². The number of fused-ring (bicyclic) bond motifs is 1. The van der Waals surface area contributed by atoms with Gasteiger partial charge in [0.2, 0.25) is 5.91 Å². The van der Waals surface area contributed by atoms with Gasteiger partial charge in [0.1, 0.15) is 0 Å². The second-order valence-electron chi connectivity index (χ2n) is 7.45. The topological polar surface area (TPSA) is 63.7 Å². The minimum Gasteiger partial charge on any atom is -0.493 e. The van der Waals surface area contributed by atoms with Gasteiger partial charge in [-0.15, -0.1) is 11.3 Å². The van der Waals surface area contributed by atoms with Gasteiger partial charge in [-0.25, -0.2) is 4.98 Å². The van der Waals surface area contributed by atoms with E-state index in [0.717, 1.165) is 36.6 Å². The molecule has 0 aliphatic carbocycles.